The van der Waals surface area contributed by atoms with Gasteiger partial charge in [-0.25, -0.2) is 0 Å². The molecule has 1 N–H and O–H groups in total. The molecule has 0 atom stereocenters. The Morgan fingerprint density at radius 1 is 1.17 bits per heavy atom. The maximum Gasteiger partial charge on any atom is 0.0702 e. The zero-order valence-electron chi connectivity index (χ0n) is 9.56. The highest BCUT2D eigenvalue weighted by Crippen LogP contribution is 2.25. The standard InChI is InChI=1S/C14H11BrN2S/c15-14-5-4-11(18-14)9-17-13-3-1-2-10-8-16-7-6-12(10)13/h1-8,17H,9H2. The molecule has 3 aromatic rings. The Morgan fingerprint density at radius 3 is 2.94 bits per heavy atom. The van der Waals surface area contributed by atoms with Crippen LogP contribution in [0, 0.1) is 0 Å². The summed E-state index contributed by atoms with van der Waals surface area (Å²) < 4.78 is 1.17. The normalized spacial score (nSPS) is 10.7. The smallest absolute Gasteiger partial charge is 0.0702 e. The highest BCUT2D eigenvalue weighted by Gasteiger charge is 2.01. The van der Waals surface area contributed by atoms with Gasteiger partial charge in [0.2, 0.25) is 0 Å². The number of anilines is 1. The van der Waals surface area contributed by atoms with Crippen LogP contribution >= 0.6 is 27.3 Å². The number of pyridine rings is 1. The molecule has 0 spiro atoms. The average molecular weight is 319 g/mol. The molecule has 0 radical (unpaired) electrons. The average Bonchev–Trinajstić information content (AvgIpc) is 2.82. The second-order valence-electron chi connectivity index (χ2n) is 3.96. The van der Waals surface area contributed by atoms with E-state index in [1.165, 1.54) is 14.0 Å². The number of nitrogens with one attached hydrogen (secondary N) is 1. The van der Waals surface area contributed by atoms with Gasteiger partial charge in [0.1, 0.15) is 0 Å². The third-order valence-electron chi connectivity index (χ3n) is 2.76. The summed E-state index contributed by atoms with van der Waals surface area (Å²) >= 11 is 5.23. The lowest BCUT2D eigenvalue weighted by Crippen LogP contribution is -1.97. The molecule has 4 heteroatoms. The summed E-state index contributed by atoms with van der Waals surface area (Å²) in [5.41, 5.74) is 1.15. The number of nitrogens with zero attached hydrogens (tertiary/aromatic N) is 1. The number of benzene rings is 1. The third-order valence-corrected chi connectivity index (χ3v) is 4.39. The summed E-state index contributed by atoms with van der Waals surface area (Å²) in [4.78, 5) is 5.46. The Morgan fingerprint density at radius 2 is 2.11 bits per heavy atom. The van der Waals surface area contributed by atoms with Gasteiger partial charge in [0.25, 0.3) is 0 Å². The molecule has 0 fully saturated rings. The summed E-state index contributed by atoms with van der Waals surface area (Å²) in [6.07, 6.45) is 3.72. The molecule has 0 saturated carbocycles. The maximum atomic E-state index is 4.14. The van der Waals surface area contributed by atoms with Crippen molar-refractivity contribution in [3.05, 3.63) is 57.5 Å². The van der Waals surface area contributed by atoms with E-state index in [9.17, 15) is 0 Å². The highest BCUT2D eigenvalue weighted by atomic mass is 79.9. The van der Waals surface area contributed by atoms with Gasteiger partial charge in [0.15, 0.2) is 0 Å². The first-order chi connectivity index (χ1) is 8.83. The van der Waals surface area contributed by atoms with E-state index in [1.807, 2.05) is 18.5 Å². The van der Waals surface area contributed by atoms with Crippen molar-refractivity contribution < 1.29 is 0 Å². The minimum absolute atomic E-state index is 0.845. The van der Waals surface area contributed by atoms with Gasteiger partial charge in [-0.2, -0.15) is 0 Å². The molecule has 0 aliphatic carbocycles. The lowest BCUT2D eigenvalue weighted by molar-refractivity contribution is 1.20. The van der Waals surface area contributed by atoms with E-state index in [0.717, 1.165) is 17.6 Å². The Bertz CT molecular complexity index is 673. The summed E-state index contributed by atoms with van der Waals surface area (Å²) in [7, 11) is 0. The van der Waals surface area contributed by atoms with Crippen LogP contribution in [0.3, 0.4) is 0 Å². The molecule has 0 unspecified atom stereocenters. The van der Waals surface area contributed by atoms with Crippen molar-refractivity contribution in [1.82, 2.24) is 4.98 Å². The van der Waals surface area contributed by atoms with E-state index in [1.54, 1.807) is 11.3 Å². The van der Waals surface area contributed by atoms with Crippen molar-refractivity contribution in [3.8, 4) is 0 Å². The van der Waals surface area contributed by atoms with E-state index < -0.39 is 0 Å². The fraction of sp³-hybridized carbons (Fsp3) is 0.0714. The molecular weight excluding hydrogens is 308 g/mol. The van der Waals surface area contributed by atoms with Crippen molar-refractivity contribution >= 4 is 43.7 Å². The molecule has 1 aromatic carbocycles. The Balaban J connectivity index is 1.86. The van der Waals surface area contributed by atoms with E-state index >= 15 is 0 Å². The van der Waals surface area contributed by atoms with Gasteiger partial charge in [-0.1, -0.05) is 12.1 Å². The van der Waals surface area contributed by atoms with Gasteiger partial charge in [0.05, 0.1) is 3.79 Å². The number of hydrogen-bond acceptors (Lipinski definition) is 3. The first-order valence-electron chi connectivity index (χ1n) is 5.64. The molecule has 2 nitrogen and oxygen atoms in total. The molecule has 2 heterocycles. The zero-order valence-corrected chi connectivity index (χ0v) is 12.0. The minimum Gasteiger partial charge on any atom is -0.380 e. The predicted octanol–water partition coefficient (Wildman–Crippen LogP) is 4.67. The van der Waals surface area contributed by atoms with E-state index in [2.05, 4.69) is 56.6 Å². The van der Waals surface area contributed by atoms with Crippen LogP contribution in [0.25, 0.3) is 10.8 Å². The monoisotopic (exact) mass is 318 g/mol. The predicted molar refractivity (Wildman–Crippen MR) is 81.1 cm³/mol. The first kappa shape index (κ1) is 11.7. The SMILES string of the molecule is Brc1ccc(CNc2cccc3cnccc23)s1. The summed E-state index contributed by atoms with van der Waals surface area (Å²) in [6.45, 7) is 0.845. The fourth-order valence-electron chi connectivity index (χ4n) is 1.91. The zero-order chi connectivity index (χ0) is 12.4. The van der Waals surface area contributed by atoms with Gasteiger partial charge in [-0.3, -0.25) is 4.98 Å². The van der Waals surface area contributed by atoms with Crippen molar-refractivity contribution in [2.45, 2.75) is 6.54 Å². The Hall–Kier alpha value is -1.39. The van der Waals surface area contributed by atoms with Crippen LogP contribution < -0.4 is 5.32 Å². The largest absolute Gasteiger partial charge is 0.380 e. The second kappa shape index (κ2) is 5.08. The van der Waals surface area contributed by atoms with Crippen LogP contribution in [0.2, 0.25) is 0 Å². The molecule has 0 saturated heterocycles. The van der Waals surface area contributed by atoms with Crippen LogP contribution in [0.4, 0.5) is 5.69 Å². The fourth-order valence-corrected chi connectivity index (χ4v) is 3.33. The van der Waals surface area contributed by atoms with Gasteiger partial charge in [0, 0.05) is 40.3 Å². The number of halogens is 1. The number of aromatic nitrogens is 1. The number of thiophene rings is 1. The van der Waals surface area contributed by atoms with Crippen molar-refractivity contribution in [1.29, 1.82) is 0 Å². The van der Waals surface area contributed by atoms with E-state index in [4.69, 9.17) is 0 Å². The molecule has 0 amide bonds. The van der Waals surface area contributed by atoms with Crippen molar-refractivity contribution in [2.24, 2.45) is 0 Å². The second-order valence-corrected chi connectivity index (χ2v) is 6.51. The summed E-state index contributed by atoms with van der Waals surface area (Å²) in [6, 6.07) is 12.5. The highest BCUT2D eigenvalue weighted by molar-refractivity contribution is 9.11. The Kier molecular flexibility index (Phi) is 3.30. The van der Waals surface area contributed by atoms with Crippen LogP contribution in [-0.2, 0) is 6.54 Å². The minimum atomic E-state index is 0.845. The van der Waals surface area contributed by atoms with Gasteiger partial charge < -0.3 is 5.32 Å². The molecule has 0 aliphatic heterocycles. The maximum absolute atomic E-state index is 4.14. The van der Waals surface area contributed by atoms with Crippen LogP contribution in [0.15, 0.2) is 52.6 Å². The van der Waals surface area contributed by atoms with Gasteiger partial charge in [-0.15, -0.1) is 11.3 Å². The number of hydrogen-bond donors (Lipinski definition) is 1. The molecule has 90 valence electrons. The lowest BCUT2D eigenvalue weighted by Gasteiger charge is -2.08. The molecule has 0 aliphatic rings. The van der Waals surface area contributed by atoms with Crippen LogP contribution in [0.5, 0.6) is 0 Å². The van der Waals surface area contributed by atoms with Crippen molar-refractivity contribution in [2.75, 3.05) is 5.32 Å². The molecule has 0 bridgehead atoms. The van der Waals surface area contributed by atoms with Gasteiger partial charge >= 0.3 is 0 Å². The third kappa shape index (κ3) is 2.40. The van der Waals surface area contributed by atoms with Crippen molar-refractivity contribution in [3.63, 3.8) is 0 Å². The molecular formula is C14H11BrN2S. The van der Waals surface area contributed by atoms with Gasteiger partial charge in [-0.05, 0) is 40.2 Å². The van der Waals surface area contributed by atoms with Crippen LogP contribution in [-0.4, -0.2) is 4.98 Å². The molecule has 18 heavy (non-hydrogen) atoms. The number of rotatable bonds is 3. The lowest BCUT2D eigenvalue weighted by atomic mass is 10.1. The molecule has 2 aromatic heterocycles. The topological polar surface area (TPSA) is 24.9 Å². The van der Waals surface area contributed by atoms with E-state index in [0.29, 0.717) is 0 Å². The quantitative estimate of drug-likeness (QED) is 0.759. The van der Waals surface area contributed by atoms with Crippen LogP contribution in [0.1, 0.15) is 4.88 Å². The Labute approximate surface area is 118 Å². The summed E-state index contributed by atoms with van der Waals surface area (Å²) in [5.74, 6) is 0. The summed E-state index contributed by atoms with van der Waals surface area (Å²) in [5, 5.41) is 5.85. The first-order valence-corrected chi connectivity index (χ1v) is 7.25. The number of fused-ring (bicyclic) bond motifs is 1. The molecule has 3 rings (SSSR count). The van der Waals surface area contributed by atoms with E-state index in [-0.39, 0.29) is 0 Å².